The number of fused-ring (bicyclic) bond motifs is 1. The monoisotopic (exact) mass is 436 g/mol. The predicted octanol–water partition coefficient (Wildman–Crippen LogP) is 4.69. The first-order valence-corrected chi connectivity index (χ1v) is 10.3. The number of ether oxygens (including phenoxy) is 1. The Hall–Kier alpha value is -2.16. The second kappa shape index (κ2) is 8.46. The van der Waals surface area contributed by atoms with Crippen molar-refractivity contribution in [2.45, 2.75) is 26.9 Å². The van der Waals surface area contributed by atoms with Crippen molar-refractivity contribution in [3.63, 3.8) is 0 Å². The number of thiophene rings is 1. The van der Waals surface area contributed by atoms with Gasteiger partial charge in [0, 0.05) is 47.7 Å². The van der Waals surface area contributed by atoms with Gasteiger partial charge in [0.05, 0.1) is 17.8 Å². The first kappa shape index (κ1) is 20.6. The van der Waals surface area contributed by atoms with Gasteiger partial charge < -0.3 is 15.0 Å². The van der Waals surface area contributed by atoms with Crippen molar-refractivity contribution < 1.29 is 9.53 Å². The number of carbonyl (C=O) groups is 1. The highest BCUT2D eigenvalue weighted by Crippen LogP contribution is 2.37. The number of halogens is 1. The standard InChI is InChI=1S/C19H21ClN4O2S2/c1-5-24-10-12(11(2)22-24)9-23(3)19(27)21-13-6-7-14-15(8-13)28-17(16(14)20)18(25)26-4/h6-8,10H,5,9H2,1-4H3,(H,21,27). The van der Waals surface area contributed by atoms with E-state index in [1.54, 1.807) is 0 Å². The van der Waals surface area contributed by atoms with Crippen molar-refractivity contribution in [3.8, 4) is 0 Å². The van der Waals surface area contributed by atoms with Gasteiger partial charge >= 0.3 is 5.97 Å². The Morgan fingerprint density at radius 1 is 1.46 bits per heavy atom. The number of benzene rings is 1. The van der Waals surface area contributed by atoms with Crippen LogP contribution in [0.2, 0.25) is 5.02 Å². The van der Waals surface area contributed by atoms with E-state index in [0.717, 1.165) is 33.6 Å². The van der Waals surface area contributed by atoms with Crippen LogP contribution in [-0.4, -0.2) is 39.9 Å². The van der Waals surface area contributed by atoms with Gasteiger partial charge in [-0.05, 0) is 44.3 Å². The van der Waals surface area contributed by atoms with E-state index >= 15 is 0 Å². The average molecular weight is 437 g/mol. The van der Waals surface area contributed by atoms with Crippen molar-refractivity contribution in [1.29, 1.82) is 0 Å². The molecule has 0 saturated carbocycles. The van der Waals surface area contributed by atoms with Gasteiger partial charge in [-0.1, -0.05) is 11.6 Å². The number of nitrogens with zero attached hydrogens (tertiary/aromatic N) is 3. The molecule has 9 heteroatoms. The summed E-state index contributed by atoms with van der Waals surface area (Å²) in [6.07, 6.45) is 2.04. The number of carbonyl (C=O) groups excluding carboxylic acids is 1. The lowest BCUT2D eigenvalue weighted by atomic mass is 10.2. The third-order valence-electron chi connectivity index (χ3n) is 4.38. The number of thiocarbonyl (C=S) groups is 1. The van der Waals surface area contributed by atoms with Crippen molar-refractivity contribution >= 4 is 62.0 Å². The molecule has 0 bridgehead atoms. The van der Waals surface area contributed by atoms with Gasteiger partial charge in [-0.3, -0.25) is 4.68 Å². The summed E-state index contributed by atoms with van der Waals surface area (Å²) in [7, 11) is 3.28. The van der Waals surface area contributed by atoms with Crippen LogP contribution in [0.3, 0.4) is 0 Å². The summed E-state index contributed by atoms with van der Waals surface area (Å²) < 4.78 is 7.59. The highest BCUT2D eigenvalue weighted by atomic mass is 35.5. The fourth-order valence-electron chi connectivity index (χ4n) is 2.79. The molecular weight excluding hydrogens is 416 g/mol. The minimum Gasteiger partial charge on any atom is -0.465 e. The maximum absolute atomic E-state index is 11.8. The molecule has 28 heavy (non-hydrogen) atoms. The SMILES string of the molecule is CCn1cc(CN(C)C(=S)Nc2ccc3c(Cl)c(C(=O)OC)sc3c2)c(C)n1. The summed E-state index contributed by atoms with van der Waals surface area (Å²) in [5, 5.41) is 9.55. The lowest BCUT2D eigenvalue weighted by Crippen LogP contribution is -2.30. The summed E-state index contributed by atoms with van der Waals surface area (Å²) in [5.41, 5.74) is 2.97. The van der Waals surface area contributed by atoms with E-state index < -0.39 is 5.97 Å². The molecule has 148 valence electrons. The minimum atomic E-state index is -0.432. The van der Waals surface area contributed by atoms with E-state index in [0.29, 0.717) is 21.6 Å². The van der Waals surface area contributed by atoms with E-state index in [2.05, 4.69) is 17.3 Å². The van der Waals surface area contributed by atoms with Crippen molar-refractivity contribution in [2.75, 3.05) is 19.5 Å². The predicted molar refractivity (Wildman–Crippen MR) is 119 cm³/mol. The van der Waals surface area contributed by atoms with Crippen LogP contribution in [0.5, 0.6) is 0 Å². The molecule has 1 N–H and O–H groups in total. The van der Waals surface area contributed by atoms with Gasteiger partial charge in [-0.15, -0.1) is 11.3 Å². The maximum atomic E-state index is 11.8. The topological polar surface area (TPSA) is 59.4 Å². The normalized spacial score (nSPS) is 10.9. The van der Waals surface area contributed by atoms with Crippen LogP contribution >= 0.6 is 35.2 Å². The number of anilines is 1. The van der Waals surface area contributed by atoms with Gasteiger partial charge in [0.15, 0.2) is 5.11 Å². The van der Waals surface area contributed by atoms with Crippen LogP contribution in [0.15, 0.2) is 24.4 Å². The van der Waals surface area contributed by atoms with Crippen LogP contribution in [0, 0.1) is 6.92 Å². The third-order valence-corrected chi connectivity index (χ3v) is 6.43. The molecule has 0 aliphatic rings. The van der Waals surface area contributed by atoms with Gasteiger partial charge in [0.2, 0.25) is 0 Å². The zero-order chi connectivity index (χ0) is 20.4. The molecule has 0 aliphatic heterocycles. The van der Waals surface area contributed by atoms with Crippen LogP contribution in [-0.2, 0) is 17.8 Å². The van der Waals surface area contributed by atoms with E-state index in [9.17, 15) is 4.79 Å². The number of nitrogens with one attached hydrogen (secondary N) is 1. The van der Waals surface area contributed by atoms with Crippen molar-refractivity contribution in [2.24, 2.45) is 0 Å². The second-order valence-electron chi connectivity index (χ2n) is 6.33. The molecule has 0 atom stereocenters. The van der Waals surface area contributed by atoms with E-state index in [1.807, 2.05) is 47.9 Å². The van der Waals surface area contributed by atoms with Crippen molar-refractivity contribution in [3.05, 3.63) is 45.6 Å². The molecule has 0 amide bonds. The van der Waals surface area contributed by atoms with E-state index in [4.69, 9.17) is 28.6 Å². The first-order chi connectivity index (χ1) is 13.3. The highest BCUT2D eigenvalue weighted by Gasteiger charge is 2.18. The number of rotatable bonds is 5. The zero-order valence-electron chi connectivity index (χ0n) is 16.1. The number of hydrogen-bond acceptors (Lipinski definition) is 5. The lowest BCUT2D eigenvalue weighted by Gasteiger charge is -2.20. The van der Waals surface area contributed by atoms with E-state index in [1.165, 1.54) is 18.4 Å². The Morgan fingerprint density at radius 2 is 2.21 bits per heavy atom. The summed E-state index contributed by atoms with van der Waals surface area (Å²) in [5.74, 6) is -0.432. The molecule has 0 radical (unpaired) electrons. The van der Waals surface area contributed by atoms with Crippen LogP contribution in [0.4, 0.5) is 5.69 Å². The van der Waals surface area contributed by atoms with Crippen molar-refractivity contribution in [1.82, 2.24) is 14.7 Å². The average Bonchev–Trinajstić information content (AvgIpc) is 3.20. The summed E-state index contributed by atoms with van der Waals surface area (Å²) in [4.78, 5) is 14.2. The first-order valence-electron chi connectivity index (χ1n) is 8.69. The Bertz CT molecular complexity index is 1040. The smallest absolute Gasteiger partial charge is 0.349 e. The third kappa shape index (κ3) is 4.14. The van der Waals surface area contributed by atoms with Crippen LogP contribution in [0.1, 0.15) is 27.9 Å². The van der Waals surface area contributed by atoms with Gasteiger partial charge in [0.25, 0.3) is 0 Å². The molecule has 1 aromatic carbocycles. The number of methoxy groups -OCH3 is 1. The Balaban J connectivity index is 1.74. The summed E-state index contributed by atoms with van der Waals surface area (Å²) >= 11 is 13.1. The molecule has 0 spiro atoms. The number of hydrogen-bond donors (Lipinski definition) is 1. The molecule has 3 rings (SSSR count). The molecular formula is C19H21ClN4O2S2. The number of aryl methyl sites for hydroxylation is 2. The lowest BCUT2D eigenvalue weighted by molar-refractivity contribution is 0.0606. The zero-order valence-corrected chi connectivity index (χ0v) is 18.5. The highest BCUT2D eigenvalue weighted by molar-refractivity contribution is 7.80. The Morgan fingerprint density at radius 3 is 2.86 bits per heavy atom. The molecule has 2 heterocycles. The van der Waals surface area contributed by atoms with Gasteiger partial charge in [0.1, 0.15) is 4.88 Å². The molecule has 3 aromatic rings. The fraction of sp³-hybridized carbons (Fsp3) is 0.316. The quantitative estimate of drug-likeness (QED) is 0.462. The molecule has 0 unspecified atom stereocenters. The Kier molecular flexibility index (Phi) is 6.22. The fourth-order valence-corrected chi connectivity index (χ4v) is 4.44. The summed E-state index contributed by atoms with van der Waals surface area (Å²) in [6, 6.07) is 5.70. The molecule has 6 nitrogen and oxygen atoms in total. The van der Waals surface area contributed by atoms with Crippen LogP contribution < -0.4 is 5.32 Å². The molecule has 0 fully saturated rings. The second-order valence-corrected chi connectivity index (χ2v) is 8.15. The van der Waals surface area contributed by atoms with E-state index in [-0.39, 0.29) is 0 Å². The largest absolute Gasteiger partial charge is 0.465 e. The van der Waals surface area contributed by atoms with Gasteiger partial charge in [-0.2, -0.15) is 5.10 Å². The molecule has 0 saturated heterocycles. The number of esters is 1. The molecule has 0 aliphatic carbocycles. The van der Waals surface area contributed by atoms with Crippen LogP contribution in [0.25, 0.3) is 10.1 Å². The maximum Gasteiger partial charge on any atom is 0.349 e. The number of aromatic nitrogens is 2. The van der Waals surface area contributed by atoms with Gasteiger partial charge in [-0.25, -0.2) is 4.79 Å². The summed E-state index contributed by atoms with van der Waals surface area (Å²) in [6.45, 7) is 5.56. The minimum absolute atomic E-state index is 0.402. The Labute approximate surface area is 178 Å². The molecule has 2 aromatic heterocycles.